The van der Waals surface area contributed by atoms with E-state index >= 15 is 0 Å². The molecule has 1 saturated heterocycles. The summed E-state index contributed by atoms with van der Waals surface area (Å²) in [6.45, 7) is 6.47. The van der Waals surface area contributed by atoms with Crippen molar-refractivity contribution in [1.29, 1.82) is 0 Å². The van der Waals surface area contributed by atoms with Crippen molar-refractivity contribution in [3.63, 3.8) is 0 Å². The summed E-state index contributed by atoms with van der Waals surface area (Å²) in [5, 5.41) is 3.36. The highest BCUT2D eigenvalue weighted by Gasteiger charge is 2.18. The second kappa shape index (κ2) is 3.72. The molecule has 11 heavy (non-hydrogen) atoms. The fraction of sp³-hybridized carbons (Fsp3) is 0.875. The normalized spacial score (nSPS) is 25.3. The number of nitrogens with zero attached hydrogens (tertiary/aromatic N) is 1. The van der Waals surface area contributed by atoms with Crippen LogP contribution in [0.4, 0.5) is 0 Å². The Hall–Kier alpha value is -0.570. The summed E-state index contributed by atoms with van der Waals surface area (Å²) in [5.74, 6) is 0.199. The molecule has 0 aromatic heterocycles. The molecule has 0 saturated carbocycles. The van der Waals surface area contributed by atoms with E-state index in [1.807, 2.05) is 4.90 Å². The molecule has 1 rings (SSSR count). The minimum Gasteiger partial charge on any atom is -0.340 e. The van der Waals surface area contributed by atoms with E-state index in [9.17, 15) is 4.79 Å². The monoisotopic (exact) mass is 156 g/mol. The highest BCUT2D eigenvalue weighted by atomic mass is 16.2. The zero-order chi connectivity index (χ0) is 8.27. The molecule has 3 heteroatoms. The fourth-order valence-corrected chi connectivity index (χ4v) is 1.38. The number of amides is 1. The Balaban J connectivity index is 2.39. The third kappa shape index (κ3) is 2.19. The van der Waals surface area contributed by atoms with Crippen LogP contribution in [0.25, 0.3) is 0 Å². The summed E-state index contributed by atoms with van der Waals surface area (Å²) in [6.07, 6.45) is 1.10. The van der Waals surface area contributed by atoms with Gasteiger partial charge in [0.25, 0.3) is 0 Å². The van der Waals surface area contributed by atoms with Gasteiger partial charge in [0.1, 0.15) is 0 Å². The second-order valence-corrected chi connectivity index (χ2v) is 3.02. The lowest BCUT2D eigenvalue weighted by atomic mass is 10.1. The molecule has 1 atom stereocenters. The van der Waals surface area contributed by atoms with Crippen LogP contribution in [0.2, 0.25) is 0 Å². The van der Waals surface area contributed by atoms with Crippen molar-refractivity contribution in [3.8, 4) is 0 Å². The minimum absolute atomic E-state index is 0.199. The lowest BCUT2D eigenvalue weighted by Gasteiger charge is -2.32. The highest BCUT2D eigenvalue weighted by molar-refractivity contribution is 5.73. The second-order valence-electron chi connectivity index (χ2n) is 3.02. The van der Waals surface area contributed by atoms with Gasteiger partial charge in [-0.1, -0.05) is 6.92 Å². The van der Waals surface area contributed by atoms with Crippen LogP contribution in [-0.2, 0) is 4.79 Å². The summed E-state index contributed by atoms with van der Waals surface area (Å²) in [5.41, 5.74) is 0. The molecule has 3 nitrogen and oxygen atoms in total. The molecule has 1 heterocycles. The Bertz CT molecular complexity index is 147. The van der Waals surface area contributed by atoms with Crippen molar-refractivity contribution in [2.24, 2.45) is 0 Å². The molecule has 1 fully saturated rings. The molecule has 0 aromatic rings. The van der Waals surface area contributed by atoms with Crippen LogP contribution < -0.4 is 5.32 Å². The number of carbonyl (C=O) groups excluding carboxylic acids is 1. The van der Waals surface area contributed by atoms with E-state index in [0.717, 1.165) is 26.1 Å². The van der Waals surface area contributed by atoms with E-state index in [0.29, 0.717) is 6.04 Å². The summed E-state index contributed by atoms with van der Waals surface area (Å²) >= 11 is 0. The van der Waals surface area contributed by atoms with Crippen LogP contribution in [0.3, 0.4) is 0 Å². The zero-order valence-electron chi connectivity index (χ0n) is 7.26. The number of hydrogen-bond donors (Lipinski definition) is 1. The SMILES string of the molecule is CCC1CN(C(C)=O)CCN1. The maximum absolute atomic E-state index is 11.0. The van der Waals surface area contributed by atoms with Gasteiger partial charge in [0.15, 0.2) is 0 Å². The van der Waals surface area contributed by atoms with Gasteiger partial charge >= 0.3 is 0 Å². The number of hydrogen-bond acceptors (Lipinski definition) is 2. The Kier molecular flexibility index (Phi) is 2.88. The molecular formula is C8H16N2O. The van der Waals surface area contributed by atoms with Crippen LogP contribution >= 0.6 is 0 Å². The predicted molar refractivity (Wildman–Crippen MR) is 44.3 cm³/mol. The maximum atomic E-state index is 11.0. The van der Waals surface area contributed by atoms with Crippen molar-refractivity contribution in [3.05, 3.63) is 0 Å². The van der Waals surface area contributed by atoms with Crippen molar-refractivity contribution in [1.82, 2.24) is 10.2 Å². The Morgan fingerprint density at radius 2 is 2.45 bits per heavy atom. The van der Waals surface area contributed by atoms with Crippen molar-refractivity contribution >= 4 is 5.91 Å². The van der Waals surface area contributed by atoms with Crippen LogP contribution in [0.15, 0.2) is 0 Å². The average Bonchev–Trinajstić information content (AvgIpc) is 2.05. The third-order valence-corrected chi connectivity index (χ3v) is 2.19. The predicted octanol–water partition coefficient (Wildman–Crippen LogP) is 0.217. The van der Waals surface area contributed by atoms with Gasteiger partial charge < -0.3 is 10.2 Å². The average molecular weight is 156 g/mol. The molecule has 1 amide bonds. The summed E-state index contributed by atoms with van der Waals surface area (Å²) in [6, 6.07) is 0.507. The zero-order valence-corrected chi connectivity index (χ0v) is 7.26. The lowest BCUT2D eigenvalue weighted by molar-refractivity contribution is -0.130. The first kappa shape index (κ1) is 8.53. The first-order valence-corrected chi connectivity index (χ1v) is 4.23. The Labute approximate surface area is 67.8 Å². The van der Waals surface area contributed by atoms with E-state index < -0.39 is 0 Å². The summed E-state index contributed by atoms with van der Waals surface area (Å²) in [4.78, 5) is 12.9. The molecule has 64 valence electrons. The number of piperazine rings is 1. The van der Waals surface area contributed by atoms with Gasteiger partial charge in [-0.05, 0) is 6.42 Å². The molecule has 1 aliphatic rings. The van der Waals surface area contributed by atoms with Gasteiger partial charge in [0.2, 0.25) is 5.91 Å². The third-order valence-electron chi connectivity index (χ3n) is 2.19. The molecular weight excluding hydrogens is 140 g/mol. The number of carbonyl (C=O) groups is 1. The summed E-state index contributed by atoms with van der Waals surface area (Å²) < 4.78 is 0. The van der Waals surface area contributed by atoms with E-state index in [1.165, 1.54) is 0 Å². The number of nitrogens with one attached hydrogen (secondary N) is 1. The van der Waals surface area contributed by atoms with E-state index in [4.69, 9.17) is 0 Å². The fourth-order valence-electron chi connectivity index (χ4n) is 1.38. The Morgan fingerprint density at radius 1 is 1.73 bits per heavy atom. The van der Waals surface area contributed by atoms with Gasteiger partial charge in [0.05, 0.1) is 0 Å². The first-order chi connectivity index (χ1) is 5.24. The molecule has 0 spiro atoms. The molecule has 0 aliphatic carbocycles. The summed E-state index contributed by atoms with van der Waals surface area (Å²) in [7, 11) is 0. The van der Waals surface area contributed by atoms with Crippen LogP contribution in [0.1, 0.15) is 20.3 Å². The molecule has 0 radical (unpaired) electrons. The van der Waals surface area contributed by atoms with E-state index in [1.54, 1.807) is 6.92 Å². The van der Waals surface area contributed by atoms with E-state index in [-0.39, 0.29) is 5.91 Å². The van der Waals surface area contributed by atoms with Gasteiger partial charge in [-0.15, -0.1) is 0 Å². The van der Waals surface area contributed by atoms with Gasteiger partial charge in [-0.25, -0.2) is 0 Å². The Morgan fingerprint density at radius 3 is 3.00 bits per heavy atom. The molecule has 1 N–H and O–H groups in total. The van der Waals surface area contributed by atoms with Gasteiger partial charge in [-0.2, -0.15) is 0 Å². The maximum Gasteiger partial charge on any atom is 0.219 e. The molecule has 1 aliphatic heterocycles. The van der Waals surface area contributed by atoms with Crippen molar-refractivity contribution in [2.45, 2.75) is 26.3 Å². The van der Waals surface area contributed by atoms with E-state index in [2.05, 4.69) is 12.2 Å². The molecule has 0 aromatic carbocycles. The molecule has 1 unspecified atom stereocenters. The van der Waals surface area contributed by atoms with Gasteiger partial charge in [0, 0.05) is 32.6 Å². The molecule has 0 bridgehead atoms. The van der Waals surface area contributed by atoms with Crippen LogP contribution in [0, 0.1) is 0 Å². The van der Waals surface area contributed by atoms with Gasteiger partial charge in [-0.3, -0.25) is 4.79 Å². The lowest BCUT2D eigenvalue weighted by Crippen LogP contribution is -2.51. The standard InChI is InChI=1S/C8H16N2O/c1-3-8-6-10(7(2)11)5-4-9-8/h8-9H,3-6H2,1-2H3. The topological polar surface area (TPSA) is 32.3 Å². The first-order valence-electron chi connectivity index (χ1n) is 4.23. The smallest absolute Gasteiger partial charge is 0.219 e. The number of rotatable bonds is 1. The largest absolute Gasteiger partial charge is 0.340 e. The highest BCUT2D eigenvalue weighted by Crippen LogP contribution is 2.01. The minimum atomic E-state index is 0.199. The quantitative estimate of drug-likeness (QED) is 0.589. The van der Waals surface area contributed by atoms with Crippen molar-refractivity contribution < 1.29 is 4.79 Å². The van der Waals surface area contributed by atoms with Crippen molar-refractivity contribution in [2.75, 3.05) is 19.6 Å². The van der Waals surface area contributed by atoms with Crippen LogP contribution in [0.5, 0.6) is 0 Å². The van der Waals surface area contributed by atoms with Crippen LogP contribution in [-0.4, -0.2) is 36.5 Å².